The summed E-state index contributed by atoms with van der Waals surface area (Å²) in [5, 5.41) is 2.23. The third-order valence-electron chi connectivity index (χ3n) is 17.9. The Morgan fingerprint density at radius 1 is 0.299 bits per heavy atom. The fourth-order valence-corrected chi connectivity index (χ4v) is 17.0. The number of rotatable bonds is 9. The molecular weight excluding hydrogens is 1090 g/mol. The second-order valence-corrected chi connectivity index (χ2v) is 24.8. The molecule has 4 aliphatic heterocycles. The zero-order valence-corrected chi connectivity index (χ0v) is 48.7. The normalized spacial score (nSPS) is 13.1. The Bertz CT molecular complexity index is 4700. The van der Waals surface area contributed by atoms with Gasteiger partial charge >= 0.3 is 0 Å². The summed E-state index contributed by atoms with van der Waals surface area (Å²) in [6, 6.07) is 112. The molecule has 0 saturated carbocycles. The minimum Gasteiger partial charge on any atom is -0.456 e. The molecular formula is C78H50B2N4OS2. The van der Waals surface area contributed by atoms with E-state index in [1.165, 1.54) is 80.7 Å². The highest BCUT2D eigenvalue weighted by molar-refractivity contribution is 8.01. The monoisotopic (exact) mass is 1140 g/mol. The van der Waals surface area contributed by atoms with Gasteiger partial charge in [0.2, 0.25) is 13.4 Å². The van der Waals surface area contributed by atoms with Gasteiger partial charge in [0.05, 0.1) is 0 Å². The van der Waals surface area contributed by atoms with Crippen molar-refractivity contribution in [2.75, 3.05) is 19.6 Å². The number of hydrogen-bond donors (Lipinski definition) is 0. The molecule has 14 aromatic rings. The number of fused-ring (bicyclic) bond motifs is 11. The zero-order valence-electron chi connectivity index (χ0n) is 47.0. The first-order chi connectivity index (χ1) is 43.2. The molecule has 0 atom stereocenters. The van der Waals surface area contributed by atoms with E-state index in [0.29, 0.717) is 0 Å². The van der Waals surface area contributed by atoms with Gasteiger partial charge in [-0.1, -0.05) is 210 Å². The van der Waals surface area contributed by atoms with Crippen LogP contribution in [0.1, 0.15) is 0 Å². The highest BCUT2D eigenvalue weighted by Gasteiger charge is 2.47. The molecule has 0 unspecified atom stereocenters. The van der Waals surface area contributed by atoms with Crippen LogP contribution in [-0.4, -0.2) is 13.4 Å². The smallest absolute Gasteiger partial charge is 0.249 e. The lowest BCUT2D eigenvalue weighted by atomic mass is 9.31. The molecule has 0 fully saturated rings. The number of anilines is 12. The van der Waals surface area contributed by atoms with Crippen LogP contribution in [0.4, 0.5) is 68.2 Å². The van der Waals surface area contributed by atoms with Gasteiger partial charge in [0.25, 0.3) is 0 Å². The van der Waals surface area contributed by atoms with Crippen molar-refractivity contribution in [3.8, 4) is 11.1 Å². The highest BCUT2D eigenvalue weighted by Crippen LogP contribution is 2.53. The average molecular weight is 1150 g/mol. The van der Waals surface area contributed by atoms with Crippen molar-refractivity contribution in [3.05, 3.63) is 303 Å². The van der Waals surface area contributed by atoms with E-state index in [0.717, 1.165) is 73.0 Å². The molecule has 0 spiro atoms. The Kier molecular flexibility index (Phi) is 11.6. The minimum atomic E-state index is -0.115. The van der Waals surface area contributed by atoms with Crippen LogP contribution in [0.2, 0.25) is 0 Å². The number of nitrogens with zero attached hydrogens (tertiary/aromatic N) is 4. The van der Waals surface area contributed by atoms with E-state index < -0.39 is 0 Å². The van der Waals surface area contributed by atoms with Crippen LogP contribution < -0.4 is 52.4 Å². The third-order valence-corrected chi connectivity index (χ3v) is 20.3. The molecule has 9 heteroatoms. The summed E-state index contributed by atoms with van der Waals surface area (Å²) in [6.07, 6.45) is 0. The summed E-state index contributed by atoms with van der Waals surface area (Å²) >= 11 is 3.86. The van der Waals surface area contributed by atoms with E-state index >= 15 is 0 Å². The molecule has 0 aliphatic carbocycles. The van der Waals surface area contributed by atoms with Crippen molar-refractivity contribution in [1.82, 2.24) is 0 Å². The zero-order chi connectivity index (χ0) is 57.1. The van der Waals surface area contributed by atoms with E-state index in [4.69, 9.17) is 4.42 Å². The summed E-state index contributed by atoms with van der Waals surface area (Å²) < 4.78 is 6.87. The number of para-hydroxylation sites is 9. The van der Waals surface area contributed by atoms with Gasteiger partial charge in [0.15, 0.2) is 0 Å². The van der Waals surface area contributed by atoms with E-state index in [1.54, 1.807) is 0 Å². The van der Waals surface area contributed by atoms with Crippen LogP contribution in [0.15, 0.2) is 327 Å². The maximum absolute atomic E-state index is 6.87. The Labute approximate surface area is 514 Å². The SMILES string of the molecule is c1ccc(N(c2ccccc2)c2cc3c4c(c2)N(c2ccccc2)c2ccccc2B4c2cc4c(c(-c5ccc6c(c5)oc5ccccc56)c2S3)Sc2cc(N(c3ccccc3)c3ccccc3)cc3c2B4c2ccccc2N3c2ccccc2)cc1. The minimum absolute atomic E-state index is 0.115. The van der Waals surface area contributed by atoms with Gasteiger partial charge in [0, 0.05) is 104 Å². The van der Waals surface area contributed by atoms with Crippen LogP contribution in [0, 0.1) is 0 Å². The van der Waals surface area contributed by atoms with Crippen molar-refractivity contribution in [2.24, 2.45) is 0 Å². The van der Waals surface area contributed by atoms with Crippen molar-refractivity contribution in [2.45, 2.75) is 19.6 Å². The predicted octanol–water partition coefficient (Wildman–Crippen LogP) is 17.7. The molecule has 13 aromatic carbocycles. The van der Waals surface area contributed by atoms with Gasteiger partial charge in [-0.25, -0.2) is 0 Å². The molecule has 4 aliphatic rings. The summed E-state index contributed by atoms with van der Waals surface area (Å²) in [5.74, 6) is 0. The highest BCUT2D eigenvalue weighted by atomic mass is 32.2. The molecule has 0 saturated heterocycles. The number of hydrogen-bond acceptors (Lipinski definition) is 7. The summed E-state index contributed by atoms with van der Waals surface area (Å²) in [4.78, 5) is 14.9. The van der Waals surface area contributed by atoms with Gasteiger partial charge in [-0.05, 0) is 155 Å². The molecule has 0 N–H and O–H groups in total. The van der Waals surface area contributed by atoms with Crippen molar-refractivity contribution >= 4 is 160 Å². The average Bonchev–Trinajstić information content (AvgIpc) is 1.00. The second kappa shape index (κ2) is 20.2. The number of benzene rings is 13. The van der Waals surface area contributed by atoms with Crippen LogP contribution in [0.3, 0.4) is 0 Å². The Hall–Kier alpha value is -10.3. The van der Waals surface area contributed by atoms with E-state index in [-0.39, 0.29) is 13.4 Å². The quantitative estimate of drug-likeness (QED) is 0.133. The maximum Gasteiger partial charge on any atom is 0.249 e. The van der Waals surface area contributed by atoms with E-state index in [2.05, 4.69) is 323 Å². The standard InChI is InChI=1S/C78H50B2N4OS2/c1-7-25-52(26-8-1)81(53-27-9-2-10-28-53)58-46-68-75-72(48-58)86-77-64(79(75)62-38-20-22-40-66(62)83(68)56-33-15-5-16-34-56)50-65-78(74(77)51-43-44-61-60-37-19-24-42-70(60)85-71(61)45-51)87-73-49-59(82(54-29-11-3-12-30-54)55-31-13-4-14-32-55)47-69-76(73)80(65)63-39-21-23-41-67(63)84(69)57-35-17-6-18-36-57/h1-50H. The molecule has 0 radical (unpaired) electrons. The van der Waals surface area contributed by atoms with Crippen LogP contribution >= 0.6 is 23.5 Å². The Morgan fingerprint density at radius 2 is 0.690 bits per heavy atom. The van der Waals surface area contributed by atoms with Crippen molar-refractivity contribution < 1.29 is 4.42 Å². The second-order valence-electron chi connectivity index (χ2n) is 22.7. The van der Waals surface area contributed by atoms with Gasteiger partial charge < -0.3 is 24.0 Å². The van der Waals surface area contributed by atoms with E-state index in [9.17, 15) is 0 Å². The lowest BCUT2D eigenvalue weighted by Gasteiger charge is -2.44. The summed E-state index contributed by atoms with van der Waals surface area (Å²) in [6.45, 7) is -0.230. The van der Waals surface area contributed by atoms with Crippen LogP contribution in [0.5, 0.6) is 0 Å². The molecule has 0 amide bonds. The molecule has 5 nitrogen and oxygen atoms in total. The molecule has 87 heavy (non-hydrogen) atoms. The fraction of sp³-hybridized carbons (Fsp3) is 0. The molecule has 18 rings (SSSR count). The molecule has 0 bridgehead atoms. The van der Waals surface area contributed by atoms with Gasteiger partial charge in [0.1, 0.15) is 11.2 Å². The summed E-state index contributed by atoms with van der Waals surface area (Å²) in [5.41, 5.74) is 25.4. The summed E-state index contributed by atoms with van der Waals surface area (Å²) in [7, 11) is 0. The lowest BCUT2D eigenvalue weighted by Crippen LogP contribution is -2.64. The lowest BCUT2D eigenvalue weighted by molar-refractivity contribution is 0.669. The number of furan rings is 1. The molecule has 1 aromatic heterocycles. The first kappa shape index (κ1) is 50.1. The topological polar surface area (TPSA) is 26.1 Å². The predicted molar refractivity (Wildman–Crippen MR) is 368 cm³/mol. The Balaban J connectivity index is 0.948. The van der Waals surface area contributed by atoms with E-state index in [1.807, 2.05) is 23.5 Å². The van der Waals surface area contributed by atoms with Crippen molar-refractivity contribution in [1.29, 1.82) is 0 Å². The van der Waals surface area contributed by atoms with Gasteiger partial charge in [-0.3, -0.25) is 0 Å². The van der Waals surface area contributed by atoms with Crippen LogP contribution in [-0.2, 0) is 0 Å². The van der Waals surface area contributed by atoms with Crippen molar-refractivity contribution in [3.63, 3.8) is 0 Å². The fourth-order valence-electron chi connectivity index (χ4n) is 14.3. The first-order valence-corrected chi connectivity index (χ1v) is 31.3. The molecule has 5 heterocycles. The van der Waals surface area contributed by atoms with Crippen LogP contribution in [0.25, 0.3) is 33.1 Å². The maximum atomic E-state index is 6.87. The first-order valence-electron chi connectivity index (χ1n) is 29.7. The third kappa shape index (κ3) is 7.93. The van der Waals surface area contributed by atoms with Gasteiger partial charge in [-0.2, -0.15) is 0 Å². The molecule has 406 valence electrons. The van der Waals surface area contributed by atoms with Gasteiger partial charge in [-0.15, -0.1) is 0 Å². The Morgan fingerprint density at radius 3 is 1.15 bits per heavy atom. The largest absolute Gasteiger partial charge is 0.456 e.